The van der Waals surface area contributed by atoms with Gasteiger partial charge in [-0.05, 0) is 0 Å². The van der Waals surface area contributed by atoms with Crippen molar-refractivity contribution >= 4 is 67.0 Å². The fraction of sp³-hybridized carbons (Fsp3) is 0.348. The van der Waals surface area contributed by atoms with E-state index in [4.69, 9.17) is 16.6 Å². The number of H-pyrrole nitrogens is 6. The summed E-state index contributed by atoms with van der Waals surface area (Å²) in [5, 5.41) is 18.2. The Morgan fingerprint density at radius 3 is 1.15 bits per heavy atom. The molecule has 12 aromatic heterocycles. The van der Waals surface area contributed by atoms with Gasteiger partial charge in [-0.2, -0.15) is 0 Å². The zero-order valence-corrected chi connectivity index (χ0v) is 48.4. The van der Waals surface area contributed by atoms with Crippen molar-refractivity contribution in [3.05, 3.63) is 163 Å². The summed E-state index contributed by atoms with van der Waals surface area (Å²) in [6.45, 7) is 0.826. The van der Waals surface area contributed by atoms with Gasteiger partial charge in [-0.1, -0.05) is 0 Å². The SMILES string of the molecule is Cn1c(=O)c2[nH]cnc2n(C)c1=O.Cn1c(=O)c2[nH]cnc2n(C)c1=O.Cn1c(=O)c2[nH]cnc2n(C)c1=O.Cn1c(=O)c2c(ncn2C)n(C)c1=O.Cn1c(=O)c2c(ncn2CC(O)CO)n(C)c1=O.NCCN.O.O=c1[nH]c(=O)c2[nH]cnc2[nH]1. The van der Waals surface area contributed by atoms with Gasteiger partial charge in [0.05, 0.1) is 57.2 Å². The molecule has 14 N–H and O–H groups in total. The normalized spacial score (nSPS) is 11.1. The number of aromatic nitrogens is 24. The number of imidazole rings is 6. The van der Waals surface area contributed by atoms with E-state index in [-0.39, 0.29) is 79.3 Å². The molecule has 12 aromatic rings. The van der Waals surface area contributed by atoms with Crippen LogP contribution < -0.4 is 79.0 Å². The summed E-state index contributed by atoms with van der Waals surface area (Å²) in [5.41, 5.74) is 9.13. The zero-order valence-electron chi connectivity index (χ0n) is 48.4. The summed E-state index contributed by atoms with van der Waals surface area (Å²) in [6, 6.07) is 0. The van der Waals surface area contributed by atoms with Crippen LogP contribution >= 0.6 is 0 Å². The number of rotatable bonds is 4. The second-order valence-corrected chi connectivity index (χ2v) is 18.4. The highest BCUT2D eigenvalue weighted by atomic mass is 16.3. The van der Waals surface area contributed by atoms with Crippen LogP contribution in [0.4, 0.5) is 0 Å². The molecule has 0 aliphatic carbocycles. The van der Waals surface area contributed by atoms with Gasteiger partial charge in [-0.25, -0.2) is 58.7 Å². The number of nitrogens with zero attached hydrogens (tertiary/aromatic N) is 18. The molecule has 41 nitrogen and oxygen atoms in total. The number of hydrogen-bond donors (Lipinski definition) is 10. The van der Waals surface area contributed by atoms with E-state index in [1.165, 1.54) is 108 Å². The Morgan fingerprint density at radius 1 is 0.425 bits per heavy atom. The van der Waals surface area contributed by atoms with Gasteiger partial charge in [-0.3, -0.25) is 84.4 Å². The molecule has 0 amide bonds. The summed E-state index contributed by atoms with van der Waals surface area (Å²) in [5.74, 6) is 0. The lowest BCUT2D eigenvalue weighted by Crippen LogP contribution is -2.38. The third-order valence-electron chi connectivity index (χ3n) is 12.7. The van der Waals surface area contributed by atoms with Crippen molar-refractivity contribution in [1.29, 1.82) is 0 Å². The highest BCUT2D eigenvalue weighted by Crippen LogP contribution is 2.07. The number of nitrogens with one attached hydrogen (secondary N) is 6. The first-order chi connectivity index (χ1) is 40.6. The molecule has 12 heterocycles. The smallest absolute Gasteiger partial charge is 0.332 e. The summed E-state index contributed by atoms with van der Waals surface area (Å²) >= 11 is 0. The summed E-state index contributed by atoms with van der Waals surface area (Å²) in [4.78, 5) is 175. The van der Waals surface area contributed by atoms with Gasteiger partial charge in [0.25, 0.3) is 33.4 Å². The lowest BCUT2D eigenvalue weighted by Gasteiger charge is -2.09. The Kier molecular flexibility index (Phi) is 20.9. The molecule has 1 atom stereocenters. The number of aromatic amines is 6. The Balaban J connectivity index is 0.000000188. The quantitative estimate of drug-likeness (QED) is 0.0782. The van der Waals surface area contributed by atoms with Crippen LogP contribution in [0.1, 0.15) is 0 Å². The van der Waals surface area contributed by atoms with Crippen molar-refractivity contribution in [3.8, 4) is 0 Å². The van der Waals surface area contributed by atoms with Gasteiger partial charge in [0, 0.05) is 90.6 Å². The number of hydrogen-bond acceptors (Lipinski definition) is 22. The lowest BCUT2D eigenvalue weighted by molar-refractivity contribution is 0.0820. The van der Waals surface area contributed by atoms with Gasteiger partial charge in [0.1, 0.15) is 22.1 Å². The van der Waals surface area contributed by atoms with Crippen LogP contribution in [-0.2, 0) is 84.1 Å². The van der Waals surface area contributed by atoms with Gasteiger partial charge < -0.3 is 56.2 Å². The summed E-state index contributed by atoms with van der Waals surface area (Å²) < 4.78 is 14.8. The monoisotopic (exact) mass is 1220 g/mol. The van der Waals surface area contributed by atoms with Gasteiger partial charge >= 0.3 is 34.1 Å². The minimum Gasteiger partial charge on any atom is -0.412 e. The topological polar surface area (TPSA) is 560 Å². The van der Waals surface area contributed by atoms with E-state index in [1.54, 1.807) is 39.8 Å². The Bertz CT molecular complexity index is 4990. The average molecular weight is 1220 g/mol. The molecule has 87 heavy (non-hydrogen) atoms. The van der Waals surface area contributed by atoms with Crippen molar-refractivity contribution in [2.24, 2.45) is 89.0 Å². The number of fused-ring (bicyclic) bond motifs is 6. The van der Waals surface area contributed by atoms with E-state index < -0.39 is 35.2 Å². The van der Waals surface area contributed by atoms with Crippen molar-refractivity contribution in [1.82, 2.24) is 115 Å². The van der Waals surface area contributed by atoms with Crippen LogP contribution in [0, 0.1) is 0 Å². The van der Waals surface area contributed by atoms with Gasteiger partial charge in [0.15, 0.2) is 44.9 Å². The van der Waals surface area contributed by atoms with Crippen molar-refractivity contribution in [3.63, 3.8) is 0 Å². The van der Waals surface area contributed by atoms with Crippen molar-refractivity contribution < 1.29 is 15.7 Å². The second kappa shape index (κ2) is 27.4. The number of aliphatic hydroxyl groups is 2. The van der Waals surface area contributed by atoms with Crippen LogP contribution in [0.3, 0.4) is 0 Å². The second-order valence-electron chi connectivity index (χ2n) is 18.4. The van der Waals surface area contributed by atoms with E-state index in [2.05, 4.69) is 59.8 Å². The molecule has 0 bridgehead atoms. The predicted octanol–water partition coefficient (Wildman–Crippen LogP) is -9.34. The lowest BCUT2D eigenvalue weighted by atomic mass is 10.3. The third kappa shape index (κ3) is 13.1. The molecule has 0 spiro atoms. The van der Waals surface area contributed by atoms with E-state index in [9.17, 15) is 62.6 Å². The molecule has 0 aromatic carbocycles. The largest absolute Gasteiger partial charge is 0.412 e. The maximum atomic E-state index is 12.0. The Labute approximate surface area is 480 Å². The molecule has 12 rings (SSSR count). The van der Waals surface area contributed by atoms with E-state index >= 15 is 0 Å². The molecular weight excluding hydrogens is 1160 g/mol. The first-order valence-electron chi connectivity index (χ1n) is 24.9. The molecule has 0 saturated carbocycles. The van der Waals surface area contributed by atoms with Crippen LogP contribution in [-0.4, -0.2) is 156 Å². The van der Waals surface area contributed by atoms with E-state index in [1.807, 2.05) is 0 Å². The Hall–Kier alpha value is -11.3. The van der Waals surface area contributed by atoms with Crippen molar-refractivity contribution in [2.75, 3.05) is 19.7 Å². The molecular formula is C46H62N26O15. The highest BCUT2D eigenvalue weighted by Gasteiger charge is 2.17. The minimum absolute atomic E-state index is 0. The number of aryl methyl sites for hydroxylation is 6. The fourth-order valence-electron chi connectivity index (χ4n) is 7.96. The molecule has 0 saturated heterocycles. The number of nitrogens with two attached hydrogens (primary N) is 2. The molecule has 466 valence electrons. The van der Waals surface area contributed by atoms with Crippen LogP contribution in [0.2, 0.25) is 0 Å². The molecule has 0 fully saturated rings. The first-order valence-corrected chi connectivity index (χ1v) is 24.9. The van der Waals surface area contributed by atoms with Gasteiger partial charge in [0.2, 0.25) is 0 Å². The third-order valence-corrected chi connectivity index (χ3v) is 12.7. The average Bonchev–Trinajstić information content (AvgIpc) is 2.47. The van der Waals surface area contributed by atoms with E-state index in [0.717, 1.165) is 22.8 Å². The van der Waals surface area contributed by atoms with Gasteiger partial charge in [-0.15, -0.1) is 0 Å². The maximum Gasteiger partial charge on any atom is 0.332 e. The van der Waals surface area contributed by atoms with Crippen molar-refractivity contribution in [2.45, 2.75) is 12.6 Å². The molecule has 41 heteroatoms. The molecule has 0 aliphatic rings. The van der Waals surface area contributed by atoms with Crippen LogP contribution in [0.15, 0.2) is 95.5 Å². The molecule has 0 aliphatic heterocycles. The molecule has 0 radical (unpaired) electrons. The number of aliphatic hydroxyl groups excluding tert-OH is 2. The van der Waals surface area contributed by atoms with Crippen LogP contribution in [0.25, 0.3) is 67.0 Å². The first kappa shape index (κ1) is 66.5. The molecule has 1 unspecified atom stereocenters. The predicted molar refractivity (Wildman–Crippen MR) is 313 cm³/mol. The van der Waals surface area contributed by atoms with E-state index in [0.29, 0.717) is 57.7 Å². The fourth-order valence-corrected chi connectivity index (χ4v) is 7.96. The zero-order chi connectivity index (χ0) is 63.9. The highest BCUT2D eigenvalue weighted by molar-refractivity contribution is 5.72. The maximum absolute atomic E-state index is 12.0. The van der Waals surface area contributed by atoms with Crippen LogP contribution in [0.5, 0.6) is 0 Å². The Morgan fingerprint density at radius 2 is 0.759 bits per heavy atom. The summed E-state index contributed by atoms with van der Waals surface area (Å²) in [7, 11) is 16.7. The standard InChI is InChI=1S/C10H14N4O4.C8H10N4O2.3C7H8N4O2.C5H4N4O2.C2H8N2.H2O/c1-12-8-7(9(17)13(2)10(12)18)14(5-11-8)3-6(16)4-15;1-10-4-9-6-5(10)7(13)12(3)8(14)11(6)2;3*1-10-5-4(8-3-9-5)6(12)11(2)7(10)13;10-4-2-3(7-1-6-2)8-5(11)9-4;3-1-2-4;/h5-6,15-16H,3-4H2,1-2H3;4H,1-3H3;3*3H,1-2H3,(H,8,9);1H,(H3,6,7,8,9,10,11);1-4H2;1H2. The minimum atomic E-state index is -0.982. The summed E-state index contributed by atoms with van der Waals surface area (Å²) in [6.07, 6.45) is 7.43.